The molecular weight excluding hydrogens is 366 g/mol. The maximum Gasteiger partial charge on any atom is 0.261 e. The first-order chi connectivity index (χ1) is 12.9. The second-order valence-electron chi connectivity index (χ2n) is 6.70. The SMILES string of the molecule is CN1CCOc2ccc(NS(=O)(=O)c3ccc(N4CCCC4=O)cc3)cc21. The van der Waals surface area contributed by atoms with Gasteiger partial charge in [0.25, 0.3) is 10.0 Å². The maximum absolute atomic E-state index is 12.7. The normalized spacial score (nSPS) is 16.9. The van der Waals surface area contributed by atoms with Crippen molar-refractivity contribution in [2.45, 2.75) is 17.7 Å². The summed E-state index contributed by atoms with van der Waals surface area (Å²) in [5.74, 6) is 0.815. The minimum atomic E-state index is -3.72. The molecule has 2 aromatic carbocycles. The Morgan fingerprint density at radius 1 is 1.07 bits per heavy atom. The first-order valence-electron chi connectivity index (χ1n) is 8.85. The number of anilines is 3. The highest BCUT2D eigenvalue weighted by Gasteiger charge is 2.23. The molecule has 0 aliphatic carbocycles. The van der Waals surface area contributed by atoms with Crippen molar-refractivity contribution >= 4 is 33.0 Å². The number of rotatable bonds is 4. The summed E-state index contributed by atoms with van der Waals surface area (Å²) in [6, 6.07) is 11.6. The monoisotopic (exact) mass is 387 g/mol. The zero-order chi connectivity index (χ0) is 19.0. The summed E-state index contributed by atoms with van der Waals surface area (Å²) >= 11 is 0. The van der Waals surface area contributed by atoms with E-state index in [1.165, 1.54) is 12.1 Å². The molecule has 0 bridgehead atoms. The van der Waals surface area contributed by atoms with E-state index in [-0.39, 0.29) is 10.8 Å². The summed E-state index contributed by atoms with van der Waals surface area (Å²) in [5.41, 5.74) is 2.05. The highest BCUT2D eigenvalue weighted by Crippen LogP contribution is 2.34. The van der Waals surface area contributed by atoms with E-state index in [2.05, 4.69) is 4.72 Å². The molecular formula is C19H21N3O4S. The molecule has 1 fully saturated rings. The number of hydrogen-bond donors (Lipinski definition) is 1. The minimum absolute atomic E-state index is 0.0733. The Bertz CT molecular complexity index is 973. The van der Waals surface area contributed by atoms with Crippen LogP contribution in [0.15, 0.2) is 47.4 Å². The maximum atomic E-state index is 12.7. The lowest BCUT2D eigenvalue weighted by atomic mass is 10.2. The van der Waals surface area contributed by atoms with Crippen LogP contribution in [0.2, 0.25) is 0 Å². The molecule has 0 saturated carbocycles. The number of nitrogens with zero attached hydrogens (tertiary/aromatic N) is 2. The summed E-state index contributed by atoms with van der Waals surface area (Å²) in [6.45, 7) is 2.04. The molecule has 27 heavy (non-hydrogen) atoms. The molecule has 0 unspecified atom stereocenters. The van der Waals surface area contributed by atoms with Crippen LogP contribution in [0.25, 0.3) is 0 Å². The highest BCUT2D eigenvalue weighted by molar-refractivity contribution is 7.92. The Morgan fingerprint density at radius 2 is 1.85 bits per heavy atom. The Kier molecular flexibility index (Phi) is 4.43. The topological polar surface area (TPSA) is 79.0 Å². The zero-order valence-electron chi connectivity index (χ0n) is 15.0. The van der Waals surface area contributed by atoms with E-state index >= 15 is 0 Å². The van der Waals surface area contributed by atoms with Crippen LogP contribution in [0.5, 0.6) is 5.75 Å². The summed E-state index contributed by atoms with van der Waals surface area (Å²) in [4.78, 5) is 15.7. The van der Waals surface area contributed by atoms with Gasteiger partial charge in [0.05, 0.1) is 22.8 Å². The second kappa shape index (κ2) is 6.77. The molecule has 1 saturated heterocycles. The molecule has 0 radical (unpaired) electrons. The van der Waals surface area contributed by atoms with Gasteiger partial charge in [-0.1, -0.05) is 0 Å². The van der Waals surface area contributed by atoms with Crippen molar-refractivity contribution < 1.29 is 17.9 Å². The molecule has 0 aromatic heterocycles. The Balaban J connectivity index is 1.55. The lowest BCUT2D eigenvalue weighted by molar-refractivity contribution is -0.117. The predicted octanol–water partition coefficient (Wildman–Crippen LogP) is 2.44. The van der Waals surface area contributed by atoms with E-state index in [1.807, 2.05) is 11.9 Å². The number of nitrogens with one attached hydrogen (secondary N) is 1. The second-order valence-corrected chi connectivity index (χ2v) is 8.38. The molecule has 2 heterocycles. The van der Waals surface area contributed by atoms with Gasteiger partial charge in [0.1, 0.15) is 12.4 Å². The van der Waals surface area contributed by atoms with Gasteiger partial charge < -0.3 is 14.5 Å². The summed E-state index contributed by atoms with van der Waals surface area (Å²) in [7, 11) is -1.78. The number of likely N-dealkylation sites (N-methyl/N-ethyl adjacent to an activating group) is 1. The average molecular weight is 387 g/mol. The number of benzene rings is 2. The Morgan fingerprint density at radius 3 is 2.56 bits per heavy atom. The average Bonchev–Trinajstić information content (AvgIpc) is 3.08. The van der Waals surface area contributed by atoms with Crippen molar-refractivity contribution in [2.24, 2.45) is 0 Å². The standard InChI is InChI=1S/C19H21N3O4S/c1-21-11-12-26-18-9-4-14(13-17(18)21)20-27(24,25)16-7-5-15(6-8-16)22-10-2-3-19(22)23/h4-9,13,20H,2-3,10-12H2,1H3. The third-order valence-corrected chi connectivity index (χ3v) is 6.24. The van der Waals surface area contributed by atoms with E-state index in [4.69, 9.17) is 4.74 Å². The molecule has 8 heteroatoms. The number of carbonyl (C=O) groups is 1. The minimum Gasteiger partial charge on any atom is -0.490 e. The molecule has 1 N–H and O–H groups in total. The van der Waals surface area contributed by atoms with Crippen LogP contribution in [0.3, 0.4) is 0 Å². The summed E-state index contributed by atoms with van der Waals surface area (Å²) in [6.07, 6.45) is 1.37. The van der Waals surface area contributed by atoms with Crippen molar-refractivity contribution in [3.05, 3.63) is 42.5 Å². The van der Waals surface area contributed by atoms with Crippen molar-refractivity contribution in [2.75, 3.05) is 41.3 Å². The van der Waals surface area contributed by atoms with E-state index < -0.39 is 10.0 Å². The number of sulfonamides is 1. The number of carbonyl (C=O) groups excluding carboxylic acids is 1. The van der Waals surface area contributed by atoms with Crippen LogP contribution in [-0.2, 0) is 14.8 Å². The first-order valence-corrected chi connectivity index (χ1v) is 10.3. The van der Waals surface area contributed by atoms with Crippen molar-refractivity contribution in [3.8, 4) is 5.75 Å². The van der Waals surface area contributed by atoms with Crippen LogP contribution in [0, 0.1) is 0 Å². The van der Waals surface area contributed by atoms with E-state index in [1.54, 1.807) is 35.2 Å². The number of hydrogen-bond acceptors (Lipinski definition) is 5. The van der Waals surface area contributed by atoms with Gasteiger partial charge in [0.15, 0.2) is 0 Å². The first kappa shape index (κ1) is 17.7. The largest absolute Gasteiger partial charge is 0.490 e. The van der Waals surface area contributed by atoms with Gasteiger partial charge in [-0.3, -0.25) is 9.52 Å². The quantitative estimate of drug-likeness (QED) is 0.872. The molecule has 2 aliphatic heterocycles. The molecule has 2 aromatic rings. The van der Waals surface area contributed by atoms with Gasteiger partial charge in [-0.2, -0.15) is 0 Å². The smallest absolute Gasteiger partial charge is 0.261 e. The molecule has 2 aliphatic rings. The zero-order valence-corrected chi connectivity index (χ0v) is 15.8. The van der Waals surface area contributed by atoms with E-state index in [0.717, 1.165) is 30.1 Å². The third kappa shape index (κ3) is 3.44. The third-order valence-electron chi connectivity index (χ3n) is 4.84. The van der Waals surface area contributed by atoms with E-state index in [9.17, 15) is 13.2 Å². The van der Waals surface area contributed by atoms with Crippen molar-refractivity contribution in [1.82, 2.24) is 0 Å². The van der Waals surface area contributed by atoms with Gasteiger partial charge in [0.2, 0.25) is 5.91 Å². The Labute approximate surface area is 158 Å². The van der Waals surface area contributed by atoms with Gasteiger partial charge in [-0.15, -0.1) is 0 Å². The van der Waals surface area contributed by atoms with Gasteiger partial charge in [-0.25, -0.2) is 8.42 Å². The van der Waals surface area contributed by atoms with Crippen molar-refractivity contribution in [3.63, 3.8) is 0 Å². The molecule has 7 nitrogen and oxygen atoms in total. The number of fused-ring (bicyclic) bond motifs is 1. The highest BCUT2D eigenvalue weighted by atomic mass is 32.2. The Hall–Kier alpha value is -2.74. The van der Waals surface area contributed by atoms with E-state index in [0.29, 0.717) is 25.3 Å². The van der Waals surface area contributed by atoms with Crippen LogP contribution in [0.1, 0.15) is 12.8 Å². The lowest BCUT2D eigenvalue weighted by Gasteiger charge is -2.28. The number of ether oxygens (including phenoxy) is 1. The van der Waals surface area contributed by atoms with Crippen LogP contribution < -0.4 is 19.3 Å². The fourth-order valence-corrected chi connectivity index (χ4v) is 4.40. The van der Waals surface area contributed by atoms with Crippen LogP contribution in [-0.4, -0.2) is 41.1 Å². The molecule has 0 spiro atoms. The fraction of sp³-hybridized carbons (Fsp3) is 0.316. The van der Waals surface area contributed by atoms with Gasteiger partial charge in [-0.05, 0) is 48.9 Å². The molecule has 1 amide bonds. The van der Waals surface area contributed by atoms with Gasteiger partial charge in [0, 0.05) is 25.7 Å². The molecule has 4 rings (SSSR count). The summed E-state index contributed by atoms with van der Waals surface area (Å²) < 4.78 is 33.6. The number of amides is 1. The summed E-state index contributed by atoms with van der Waals surface area (Å²) in [5, 5.41) is 0. The molecule has 142 valence electrons. The van der Waals surface area contributed by atoms with Gasteiger partial charge >= 0.3 is 0 Å². The van der Waals surface area contributed by atoms with Crippen LogP contribution >= 0.6 is 0 Å². The predicted molar refractivity (Wildman–Crippen MR) is 104 cm³/mol. The van der Waals surface area contributed by atoms with Crippen molar-refractivity contribution in [1.29, 1.82) is 0 Å². The lowest BCUT2D eigenvalue weighted by Crippen LogP contribution is -2.28. The molecule has 0 atom stereocenters. The fourth-order valence-electron chi connectivity index (χ4n) is 3.35. The van der Waals surface area contributed by atoms with Crippen LogP contribution in [0.4, 0.5) is 17.1 Å².